The number of carbonyl (C=O) groups is 3. The zero-order valence-corrected chi connectivity index (χ0v) is 25.2. The minimum absolute atomic E-state index is 0.0214. The molecule has 0 aromatic heterocycles. The lowest BCUT2D eigenvalue weighted by Crippen LogP contribution is -2.66. The Hall–Kier alpha value is -2.73. The van der Waals surface area contributed by atoms with Crippen molar-refractivity contribution in [3.8, 4) is 5.75 Å². The molecule has 2 saturated heterocycles. The lowest BCUT2D eigenvalue weighted by molar-refractivity contribution is -0.157. The highest BCUT2D eigenvalue weighted by Gasteiger charge is 2.48. The van der Waals surface area contributed by atoms with Gasteiger partial charge >= 0.3 is 0 Å². The van der Waals surface area contributed by atoms with Gasteiger partial charge in [-0.15, -0.1) is 0 Å². The highest BCUT2D eigenvalue weighted by Crippen LogP contribution is 2.35. The van der Waals surface area contributed by atoms with Gasteiger partial charge in [0.05, 0.1) is 18.8 Å². The maximum atomic E-state index is 14.5. The second-order valence-electron chi connectivity index (χ2n) is 12.9. The third-order valence-electron chi connectivity index (χ3n) is 9.99. The van der Waals surface area contributed by atoms with E-state index in [-0.39, 0.29) is 47.8 Å². The fourth-order valence-corrected chi connectivity index (χ4v) is 7.43. The summed E-state index contributed by atoms with van der Waals surface area (Å²) in [6.45, 7) is 4.60. The molecule has 2 aliphatic carbocycles. The van der Waals surface area contributed by atoms with E-state index in [1.54, 1.807) is 4.90 Å². The van der Waals surface area contributed by atoms with E-state index in [1.165, 1.54) is 0 Å². The number of rotatable bonds is 10. The van der Waals surface area contributed by atoms with E-state index in [1.807, 2.05) is 31.2 Å². The predicted octanol–water partition coefficient (Wildman–Crippen LogP) is 2.05. The molecular weight excluding hydrogens is 550 g/mol. The van der Waals surface area contributed by atoms with Crippen molar-refractivity contribution in [2.24, 2.45) is 17.6 Å². The highest BCUT2D eigenvalue weighted by atomic mass is 16.7. The van der Waals surface area contributed by atoms with Gasteiger partial charge in [0.25, 0.3) is 5.91 Å². The van der Waals surface area contributed by atoms with Crippen LogP contribution in [0.3, 0.4) is 0 Å². The van der Waals surface area contributed by atoms with Crippen LogP contribution in [0.5, 0.6) is 5.75 Å². The van der Waals surface area contributed by atoms with Crippen molar-refractivity contribution in [2.45, 2.75) is 101 Å². The smallest absolute Gasteiger partial charge is 0.267 e. The predicted molar refractivity (Wildman–Crippen MR) is 159 cm³/mol. The molecule has 3 amide bonds. The van der Waals surface area contributed by atoms with Gasteiger partial charge in [-0.3, -0.25) is 24.1 Å². The molecule has 2 saturated carbocycles. The topological polar surface area (TPSA) is 135 Å². The number of nitrogens with zero attached hydrogens (tertiary/aromatic N) is 2. The summed E-state index contributed by atoms with van der Waals surface area (Å²) in [6.07, 6.45) is 7.93. The lowest BCUT2D eigenvalue weighted by Gasteiger charge is -2.45. The molecule has 11 heteroatoms. The van der Waals surface area contributed by atoms with Gasteiger partial charge in [-0.2, -0.15) is 0 Å². The van der Waals surface area contributed by atoms with Gasteiger partial charge in [0, 0.05) is 44.3 Å². The summed E-state index contributed by atoms with van der Waals surface area (Å²) < 4.78 is 11.7. The SMILES string of the molecule is CCOC1CC2CN(C(=O)C(NC(=O)C(N)C3CC3)C3CCCCC3)C(C(=O)NOC3CCOc4ccccc43)CN2C1. The van der Waals surface area contributed by atoms with E-state index in [9.17, 15) is 14.4 Å². The molecule has 3 aliphatic heterocycles. The van der Waals surface area contributed by atoms with E-state index < -0.39 is 18.1 Å². The average molecular weight is 598 g/mol. The van der Waals surface area contributed by atoms with Gasteiger partial charge < -0.3 is 25.4 Å². The van der Waals surface area contributed by atoms with Crippen LogP contribution in [-0.4, -0.2) is 90.6 Å². The maximum absolute atomic E-state index is 14.5. The van der Waals surface area contributed by atoms with Gasteiger partial charge in [-0.05, 0) is 56.9 Å². The number of para-hydroxylation sites is 1. The third-order valence-corrected chi connectivity index (χ3v) is 9.99. The first-order valence-corrected chi connectivity index (χ1v) is 16.3. The molecule has 4 fully saturated rings. The molecule has 6 unspecified atom stereocenters. The largest absolute Gasteiger partial charge is 0.493 e. The first-order chi connectivity index (χ1) is 20.9. The number of hydrogen-bond acceptors (Lipinski definition) is 8. The Bertz CT molecular complexity index is 1160. The number of hydroxylamine groups is 1. The minimum Gasteiger partial charge on any atom is -0.493 e. The summed E-state index contributed by atoms with van der Waals surface area (Å²) in [7, 11) is 0. The van der Waals surface area contributed by atoms with Gasteiger partial charge in [0.15, 0.2) is 0 Å². The van der Waals surface area contributed by atoms with Crippen molar-refractivity contribution >= 4 is 17.7 Å². The monoisotopic (exact) mass is 597 g/mol. The second kappa shape index (κ2) is 13.5. The maximum Gasteiger partial charge on any atom is 0.267 e. The first-order valence-electron chi connectivity index (χ1n) is 16.3. The van der Waals surface area contributed by atoms with Crippen LogP contribution >= 0.6 is 0 Å². The number of amides is 3. The summed E-state index contributed by atoms with van der Waals surface area (Å²) in [5.74, 6) is 0.141. The number of nitrogens with two attached hydrogens (primary N) is 1. The van der Waals surface area contributed by atoms with Crippen LogP contribution in [-0.2, 0) is 24.0 Å². The lowest BCUT2D eigenvalue weighted by atomic mass is 9.82. The van der Waals surface area contributed by atoms with Gasteiger partial charge in [-0.1, -0.05) is 37.5 Å². The Kier molecular flexibility index (Phi) is 9.51. The number of piperazine rings is 1. The number of hydrogen-bond donors (Lipinski definition) is 3. The zero-order valence-electron chi connectivity index (χ0n) is 25.2. The van der Waals surface area contributed by atoms with E-state index in [4.69, 9.17) is 20.0 Å². The van der Waals surface area contributed by atoms with E-state index in [2.05, 4.69) is 15.7 Å². The van der Waals surface area contributed by atoms with Crippen molar-refractivity contribution < 1.29 is 28.7 Å². The van der Waals surface area contributed by atoms with Crippen LogP contribution in [0.25, 0.3) is 0 Å². The Morgan fingerprint density at radius 3 is 2.58 bits per heavy atom. The third kappa shape index (κ3) is 6.84. The number of nitrogens with one attached hydrogen (secondary N) is 2. The molecule has 4 N–H and O–H groups in total. The standard InChI is InChI=1S/C32H47N5O6/c1-2-41-23-16-22-17-37(32(40)29(21-8-4-3-5-9-21)34-31(39)28(33)20-12-13-20)25(19-36(22)18-23)30(38)35-43-27-14-15-42-26-11-7-6-10-24(26)27/h6-7,10-11,20-23,25,27-29H,2-5,8-9,12-19,33H2,1H3,(H,34,39)(H,35,38). The highest BCUT2D eigenvalue weighted by molar-refractivity contribution is 5.93. The van der Waals surface area contributed by atoms with Crippen LogP contribution in [0.15, 0.2) is 24.3 Å². The van der Waals surface area contributed by atoms with Crippen LogP contribution in [0.1, 0.15) is 76.4 Å². The molecule has 11 nitrogen and oxygen atoms in total. The van der Waals surface area contributed by atoms with Crippen molar-refractivity contribution in [3.63, 3.8) is 0 Å². The van der Waals surface area contributed by atoms with E-state index in [0.717, 1.165) is 69.2 Å². The van der Waals surface area contributed by atoms with Crippen LogP contribution < -0.4 is 21.3 Å². The molecule has 0 bridgehead atoms. The Balaban J connectivity index is 1.21. The quantitative estimate of drug-likeness (QED) is 0.349. The summed E-state index contributed by atoms with van der Waals surface area (Å²) in [5, 5.41) is 3.08. The fourth-order valence-electron chi connectivity index (χ4n) is 7.43. The van der Waals surface area contributed by atoms with Crippen LogP contribution in [0.4, 0.5) is 0 Å². The number of benzene rings is 1. The molecule has 6 atom stereocenters. The zero-order chi connectivity index (χ0) is 29.9. The van der Waals surface area contributed by atoms with Crippen molar-refractivity contribution in [2.75, 3.05) is 32.8 Å². The molecule has 6 rings (SSSR count). The normalized spacial score (nSPS) is 29.1. The van der Waals surface area contributed by atoms with Crippen molar-refractivity contribution in [1.29, 1.82) is 0 Å². The molecule has 43 heavy (non-hydrogen) atoms. The fraction of sp³-hybridized carbons (Fsp3) is 0.719. The van der Waals surface area contributed by atoms with E-state index in [0.29, 0.717) is 32.7 Å². The average Bonchev–Trinajstić information content (AvgIpc) is 3.81. The van der Waals surface area contributed by atoms with Crippen LogP contribution in [0, 0.1) is 11.8 Å². The molecule has 0 radical (unpaired) electrons. The minimum atomic E-state index is -0.765. The molecular formula is C32H47N5O6. The Labute approximate surface area is 254 Å². The van der Waals surface area contributed by atoms with Crippen LogP contribution in [0.2, 0.25) is 0 Å². The van der Waals surface area contributed by atoms with Crippen molar-refractivity contribution in [1.82, 2.24) is 20.6 Å². The Morgan fingerprint density at radius 2 is 1.81 bits per heavy atom. The number of ether oxygens (including phenoxy) is 2. The Morgan fingerprint density at radius 1 is 1.02 bits per heavy atom. The molecule has 3 heterocycles. The summed E-state index contributed by atoms with van der Waals surface area (Å²) in [5.41, 5.74) is 9.86. The number of carbonyl (C=O) groups excluding carboxylic acids is 3. The summed E-state index contributed by atoms with van der Waals surface area (Å²) >= 11 is 0. The molecule has 1 aromatic carbocycles. The molecule has 0 spiro atoms. The van der Waals surface area contributed by atoms with Gasteiger partial charge in [0.1, 0.15) is 23.9 Å². The summed E-state index contributed by atoms with van der Waals surface area (Å²) in [4.78, 5) is 51.5. The molecule has 236 valence electrons. The summed E-state index contributed by atoms with van der Waals surface area (Å²) in [6, 6.07) is 5.68. The van der Waals surface area contributed by atoms with Gasteiger partial charge in [-0.25, -0.2) is 5.48 Å². The number of fused-ring (bicyclic) bond motifs is 2. The van der Waals surface area contributed by atoms with E-state index >= 15 is 0 Å². The van der Waals surface area contributed by atoms with Gasteiger partial charge in [0.2, 0.25) is 11.8 Å². The second-order valence-corrected chi connectivity index (χ2v) is 12.9. The molecule has 1 aromatic rings. The van der Waals surface area contributed by atoms with Crippen molar-refractivity contribution in [3.05, 3.63) is 29.8 Å². The molecule has 5 aliphatic rings. The first kappa shape index (κ1) is 30.3.